The maximum Gasteiger partial charge on any atom is 0.236 e. The van der Waals surface area contributed by atoms with Gasteiger partial charge in [-0.3, -0.25) is 14.7 Å². The quantitative estimate of drug-likeness (QED) is 0.402. The van der Waals surface area contributed by atoms with Gasteiger partial charge in [-0.2, -0.15) is 0 Å². The summed E-state index contributed by atoms with van der Waals surface area (Å²) in [5.74, 6) is 1.30. The van der Waals surface area contributed by atoms with E-state index in [0.717, 1.165) is 22.8 Å². The smallest absolute Gasteiger partial charge is 0.236 e. The van der Waals surface area contributed by atoms with E-state index in [2.05, 4.69) is 70.4 Å². The predicted molar refractivity (Wildman–Crippen MR) is 118 cm³/mol. The fourth-order valence-electron chi connectivity index (χ4n) is 2.65. The molecule has 3 aromatic rings. The number of hydrogen-bond acceptors (Lipinski definition) is 7. The molecule has 0 fully saturated rings. The number of aryl methyl sites for hydroxylation is 1. The van der Waals surface area contributed by atoms with Gasteiger partial charge in [-0.25, -0.2) is 0 Å². The van der Waals surface area contributed by atoms with Crippen LogP contribution < -0.4 is 5.32 Å². The molecule has 1 aromatic carbocycles. The summed E-state index contributed by atoms with van der Waals surface area (Å²) in [5.41, 5.74) is 2.26. The number of aromatic nitrogens is 5. The van der Waals surface area contributed by atoms with Crippen molar-refractivity contribution in [2.75, 3.05) is 11.1 Å². The maximum atomic E-state index is 12.3. The molecule has 0 aliphatic rings. The molecule has 2 heterocycles. The monoisotopic (exact) mass is 428 g/mol. The van der Waals surface area contributed by atoms with Crippen LogP contribution in [0, 0.1) is 0 Å². The second-order valence-corrected chi connectivity index (χ2v) is 8.68. The van der Waals surface area contributed by atoms with Crippen molar-refractivity contribution in [3.63, 3.8) is 0 Å². The van der Waals surface area contributed by atoms with Gasteiger partial charge in [0.15, 0.2) is 11.0 Å². The summed E-state index contributed by atoms with van der Waals surface area (Å²) in [6.45, 7) is 10.7. The number of nitrogens with zero attached hydrogens (tertiary/aromatic N) is 5. The summed E-state index contributed by atoms with van der Waals surface area (Å²) in [5, 5.41) is 21.5. The van der Waals surface area contributed by atoms with Crippen LogP contribution in [0.1, 0.15) is 37.3 Å². The molecule has 0 aliphatic carbocycles. The first-order valence-electron chi connectivity index (χ1n) is 9.41. The summed E-state index contributed by atoms with van der Waals surface area (Å²) >= 11 is 2.73. The molecule has 152 valence electrons. The van der Waals surface area contributed by atoms with Crippen molar-refractivity contribution in [2.45, 2.75) is 44.8 Å². The number of carbonyl (C=O) groups is 1. The Balaban J connectivity index is 1.70. The van der Waals surface area contributed by atoms with Crippen molar-refractivity contribution in [2.24, 2.45) is 0 Å². The van der Waals surface area contributed by atoms with Gasteiger partial charge in [-0.1, -0.05) is 74.2 Å². The van der Waals surface area contributed by atoms with Crippen LogP contribution in [0.3, 0.4) is 0 Å². The minimum absolute atomic E-state index is 0.148. The molecule has 0 saturated heterocycles. The van der Waals surface area contributed by atoms with E-state index in [1.54, 1.807) is 6.08 Å². The van der Waals surface area contributed by atoms with E-state index in [1.165, 1.54) is 28.7 Å². The number of anilines is 1. The average molecular weight is 429 g/mol. The SMILES string of the molecule is C=CCn1c(SCC(=O)Nc2nnc(CC)s2)nnc1-c1ccc(C(C)C)cc1. The van der Waals surface area contributed by atoms with Crippen LogP contribution in [-0.4, -0.2) is 36.6 Å². The third-order valence-corrected chi connectivity index (χ3v) is 6.16. The van der Waals surface area contributed by atoms with Crippen molar-refractivity contribution in [3.8, 4) is 11.4 Å². The highest BCUT2D eigenvalue weighted by molar-refractivity contribution is 7.99. The summed E-state index contributed by atoms with van der Waals surface area (Å²) < 4.78 is 1.97. The van der Waals surface area contributed by atoms with Gasteiger partial charge in [0.05, 0.1) is 5.75 Å². The first-order valence-corrected chi connectivity index (χ1v) is 11.2. The summed E-state index contributed by atoms with van der Waals surface area (Å²) in [6, 6.07) is 8.33. The van der Waals surface area contributed by atoms with Gasteiger partial charge in [0.2, 0.25) is 11.0 Å². The van der Waals surface area contributed by atoms with Crippen molar-refractivity contribution in [1.82, 2.24) is 25.0 Å². The number of nitrogens with one attached hydrogen (secondary N) is 1. The minimum atomic E-state index is -0.148. The molecule has 0 atom stereocenters. The van der Waals surface area contributed by atoms with Gasteiger partial charge in [0.25, 0.3) is 0 Å². The Hall–Kier alpha value is -2.52. The van der Waals surface area contributed by atoms with Gasteiger partial charge in [-0.15, -0.1) is 27.0 Å². The molecular weight excluding hydrogens is 404 g/mol. The van der Waals surface area contributed by atoms with E-state index in [9.17, 15) is 4.79 Å². The molecule has 0 radical (unpaired) electrons. The molecule has 0 saturated carbocycles. The lowest BCUT2D eigenvalue weighted by atomic mass is 10.0. The number of benzene rings is 1. The zero-order valence-corrected chi connectivity index (χ0v) is 18.4. The Morgan fingerprint density at radius 2 is 2.00 bits per heavy atom. The summed E-state index contributed by atoms with van der Waals surface area (Å²) in [7, 11) is 0. The van der Waals surface area contributed by atoms with Gasteiger partial charge >= 0.3 is 0 Å². The van der Waals surface area contributed by atoms with E-state index in [0.29, 0.717) is 22.8 Å². The maximum absolute atomic E-state index is 12.3. The normalized spacial score (nSPS) is 11.0. The van der Waals surface area contributed by atoms with Crippen molar-refractivity contribution < 1.29 is 4.79 Å². The lowest BCUT2D eigenvalue weighted by Crippen LogP contribution is -2.14. The third-order valence-electron chi connectivity index (χ3n) is 4.21. The molecule has 3 rings (SSSR count). The van der Waals surface area contributed by atoms with Crippen molar-refractivity contribution in [1.29, 1.82) is 0 Å². The van der Waals surface area contributed by atoms with E-state index < -0.39 is 0 Å². The summed E-state index contributed by atoms with van der Waals surface area (Å²) in [6.07, 6.45) is 2.60. The zero-order chi connectivity index (χ0) is 20.8. The second kappa shape index (κ2) is 9.80. The van der Waals surface area contributed by atoms with Gasteiger partial charge < -0.3 is 0 Å². The fraction of sp³-hybridized carbons (Fsp3) is 0.350. The number of carbonyl (C=O) groups excluding carboxylic acids is 1. The molecular formula is C20H24N6OS2. The molecule has 0 bridgehead atoms. The van der Waals surface area contributed by atoms with Gasteiger partial charge in [0.1, 0.15) is 5.01 Å². The molecule has 29 heavy (non-hydrogen) atoms. The Morgan fingerprint density at radius 1 is 1.24 bits per heavy atom. The van der Waals surface area contributed by atoms with Gasteiger partial charge in [0, 0.05) is 12.1 Å². The largest absolute Gasteiger partial charge is 0.300 e. The molecule has 0 unspecified atom stereocenters. The second-order valence-electron chi connectivity index (χ2n) is 6.67. The average Bonchev–Trinajstić information content (AvgIpc) is 3.33. The lowest BCUT2D eigenvalue weighted by Gasteiger charge is -2.09. The first-order chi connectivity index (χ1) is 14.0. The lowest BCUT2D eigenvalue weighted by molar-refractivity contribution is -0.113. The first kappa shape index (κ1) is 21.2. The highest BCUT2D eigenvalue weighted by Gasteiger charge is 2.16. The number of thioether (sulfide) groups is 1. The van der Waals surface area contributed by atoms with E-state index >= 15 is 0 Å². The summed E-state index contributed by atoms with van der Waals surface area (Å²) in [4.78, 5) is 12.3. The van der Waals surface area contributed by atoms with Crippen LogP contribution in [0.2, 0.25) is 0 Å². The molecule has 0 aliphatic heterocycles. The molecule has 7 nitrogen and oxygen atoms in total. The minimum Gasteiger partial charge on any atom is -0.300 e. The number of allylic oxidation sites excluding steroid dienone is 1. The van der Waals surface area contributed by atoms with Crippen LogP contribution >= 0.6 is 23.1 Å². The molecule has 0 spiro atoms. The van der Waals surface area contributed by atoms with E-state index in [1.807, 2.05) is 11.5 Å². The van der Waals surface area contributed by atoms with E-state index in [4.69, 9.17) is 0 Å². The highest BCUT2D eigenvalue weighted by atomic mass is 32.2. The Morgan fingerprint density at radius 3 is 2.62 bits per heavy atom. The Labute approximate surface area is 178 Å². The predicted octanol–water partition coefficient (Wildman–Crippen LogP) is 4.40. The topological polar surface area (TPSA) is 85.6 Å². The third kappa shape index (κ3) is 5.30. The van der Waals surface area contributed by atoms with Gasteiger partial charge in [-0.05, 0) is 17.9 Å². The van der Waals surface area contributed by atoms with E-state index in [-0.39, 0.29) is 11.7 Å². The molecule has 1 amide bonds. The highest BCUT2D eigenvalue weighted by Crippen LogP contribution is 2.26. The van der Waals surface area contributed by atoms with Crippen LogP contribution in [0.4, 0.5) is 5.13 Å². The number of hydrogen-bond donors (Lipinski definition) is 1. The van der Waals surface area contributed by atoms with Crippen molar-refractivity contribution in [3.05, 3.63) is 47.5 Å². The standard InChI is InChI=1S/C20H24N6OS2/c1-5-11-26-18(15-9-7-14(8-10-15)13(3)4)23-25-20(26)28-12-16(27)21-19-24-22-17(6-2)29-19/h5,7-10,13H,1,6,11-12H2,2-4H3,(H,21,24,27). The molecule has 1 N–H and O–H groups in total. The van der Waals surface area contributed by atoms with Crippen LogP contribution in [0.25, 0.3) is 11.4 Å². The molecule has 9 heteroatoms. The van der Waals surface area contributed by atoms with Crippen LogP contribution in [-0.2, 0) is 17.8 Å². The fourth-order valence-corrected chi connectivity index (χ4v) is 4.10. The number of amides is 1. The molecule has 2 aromatic heterocycles. The van der Waals surface area contributed by atoms with Crippen LogP contribution in [0.5, 0.6) is 0 Å². The Kier molecular flexibility index (Phi) is 7.16. The van der Waals surface area contributed by atoms with Crippen LogP contribution in [0.15, 0.2) is 42.1 Å². The zero-order valence-electron chi connectivity index (χ0n) is 16.8. The van der Waals surface area contributed by atoms with Crippen molar-refractivity contribution >= 4 is 34.1 Å². The Bertz CT molecular complexity index is 977. The number of rotatable bonds is 9.